The zero-order valence-electron chi connectivity index (χ0n) is 12.8. The molecule has 0 radical (unpaired) electrons. The van der Waals surface area contributed by atoms with Crippen molar-refractivity contribution < 1.29 is 19.6 Å². The second kappa shape index (κ2) is 5.91. The maximum atomic E-state index is 12.5. The van der Waals surface area contributed by atoms with E-state index in [1.54, 1.807) is 0 Å². The van der Waals surface area contributed by atoms with Crippen LogP contribution in [0.2, 0.25) is 0 Å². The minimum Gasteiger partial charge on any atom is -0.507 e. The number of carbonyl (C=O) groups excluding carboxylic acids is 2. The van der Waals surface area contributed by atoms with Gasteiger partial charge in [-0.3, -0.25) is 14.9 Å². The number of nitrogens with one attached hydrogen (secondary N) is 1. The zero-order chi connectivity index (χ0) is 17.3. The maximum Gasteiger partial charge on any atom is 0.346 e. The van der Waals surface area contributed by atoms with E-state index in [1.807, 2.05) is 0 Å². The van der Waals surface area contributed by atoms with Crippen molar-refractivity contribution in [2.75, 3.05) is 0 Å². The molecule has 9 heteroatoms. The van der Waals surface area contributed by atoms with Gasteiger partial charge in [-0.15, -0.1) is 5.01 Å². The van der Waals surface area contributed by atoms with Crippen LogP contribution in [0.1, 0.15) is 37.7 Å². The first-order valence-electron chi connectivity index (χ1n) is 7.61. The lowest BCUT2D eigenvalue weighted by molar-refractivity contribution is -0.384. The summed E-state index contributed by atoms with van der Waals surface area (Å²) >= 11 is 0. The van der Waals surface area contributed by atoms with Crippen molar-refractivity contribution >= 4 is 23.8 Å². The minimum absolute atomic E-state index is 0.0504. The van der Waals surface area contributed by atoms with Crippen LogP contribution in [0.3, 0.4) is 0 Å². The molecule has 24 heavy (non-hydrogen) atoms. The molecule has 0 aromatic heterocycles. The highest BCUT2D eigenvalue weighted by molar-refractivity contribution is 6.07. The number of phenols is 1. The van der Waals surface area contributed by atoms with Crippen molar-refractivity contribution in [1.82, 2.24) is 10.3 Å². The Morgan fingerprint density at radius 1 is 1.29 bits per heavy atom. The van der Waals surface area contributed by atoms with Gasteiger partial charge in [0.05, 0.1) is 11.1 Å². The third kappa shape index (κ3) is 2.68. The molecule has 1 saturated heterocycles. The SMILES string of the molecule is O=C1NC2(CCCCC2)C(=O)N1/N=C/c1cc([N+](=O)[O-])ccc1O. The highest BCUT2D eigenvalue weighted by atomic mass is 16.6. The summed E-state index contributed by atoms with van der Waals surface area (Å²) in [5, 5.41) is 27.8. The summed E-state index contributed by atoms with van der Waals surface area (Å²) in [4.78, 5) is 34.8. The number of hydrazone groups is 1. The molecule has 0 atom stereocenters. The van der Waals surface area contributed by atoms with Crippen molar-refractivity contribution in [3.63, 3.8) is 0 Å². The number of rotatable bonds is 3. The number of urea groups is 1. The third-order valence-electron chi connectivity index (χ3n) is 4.38. The lowest BCUT2D eigenvalue weighted by Crippen LogP contribution is -2.48. The van der Waals surface area contributed by atoms with E-state index in [4.69, 9.17) is 0 Å². The summed E-state index contributed by atoms with van der Waals surface area (Å²) in [5.41, 5.74) is -1.07. The minimum atomic E-state index is -0.891. The summed E-state index contributed by atoms with van der Waals surface area (Å²) in [6.07, 6.45) is 4.96. The number of carbonyl (C=O) groups is 2. The summed E-state index contributed by atoms with van der Waals surface area (Å²) in [7, 11) is 0. The number of non-ortho nitro benzene ring substituents is 1. The second-order valence-corrected chi connectivity index (χ2v) is 5.93. The molecule has 2 fully saturated rings. The summed E-state index contributed by atoms with van der Waals surface area (Å²) in [6.45, 7) is 0. The van der Waals surface area contributed by atoms with Crippen molar-refractivity contribution in [1.29, 1.82) is 0 Å². The average Bonchev–Trinajstić information content (AvgIpc) is 2.78. The van der Waals surface area contributed by atoms with Gasteiger partial charge in [-0.25, -0.2) is 4.79 Å². The standard InChI is InChI=1S/C15H16N4O5/c20-12-5-4-11(19(23)24)8-10(12)9-16-18-13(21)15(17-14(18)22)6-2-1-3-7-15/h4-5,8-9,20H,1-3,6-7H2,(H,17,22)/b16-9+. The number of hydrogen-bond donors (Lipinski definition) is 2. The highest BCUT2D eigenvalue weighted by Gasteiger charge is 2.51. The Morgan fingerprint density at radius 2 is 2.00 bits per heavy atom. The van der Waals surface area contributed by atoms with Gasteiger partial charge < -0.3 is 10.4 Å². The van der Waals surface area contributed by atoms with Crippen molar-refractivity contribution in [2.24, 2.45) is 5.10 Å². The Balaban J connectivity index is 1.84. The van der Waals surface area contributed by atoms with Gasteiger partial charge in [0, 0.05) is 17.7 Å². The van der Waals surface area contributed by atoms with Crippen LogP contribution in [0, 0.1) is 10.1 Å². The number of phenolic OH excluding ortho intramolecular Hbond substituents is 1. The van der Waals surface area contributed by atoms with Crippen LogP contribution in [-0.2, 0) is 4.79 Å². The zero-order valence-corrected chi connectivity index (χ0v) is 12.8. The van der Waals surface area contributed by atoms with Gasteiger partial charge >= 0.3 is 6.03 Å². The largest absolute Gasteiger partial charge is 0.507 e. The molecule has 1 heterocycles. The van der Waals surface area contributed by atoms with E-state index in [2.05, 4.69) is 10.4 Å². The Hall–Kier alpha value is -2.97. The van der Waals surface area contributed by atoms with E-state index in [0.717, 1.165) is 48.7 Å². The van der Waals surface area contributed by atoms with E-state index in [0.29, 0.717) is 12.8 Å². The molecule has 0 bridgehead atoms. The van der Waals surface area contributed by atoms with Crippen LogP contribution in [0.5, 0.6) is 5.75 Å². The number of hydrogen-bond acceptors (Lipinski definition) is 6. The second-order valence-electron chi connectivity index (χ2n) is 5.93. The molecule has 126 valence electrons. The van der Waals surface area contributed by atoms with Crippen molar-refractivity contribution in [3.8, 4) is 5.75 Å². The fourth-order valence-corrected chi connectivity index (χ4v) is 3.08. The molecule has 3 amide bonds. The van der Waals surface area contributed by atoms with E-state index in [-0.39, 0.29) is 17.0 Å². The van der Waals surface area contributed by atoms with Gasteiger partial charge in [0.15, 0.2) is 0 Å². The van der Waals surface area contributed by atoms with Crippen LogP contribution in [0.25, 0.3) is 0 Å². The number of amides is 3. The number of nitro benzene ring substituents is 1. The van der Waals surface area contributed by atoms with Crippen molar-refractivity contribution in [2.45, 2.75) is 37.6 Å². The summed E-state index contributed by atoms with van der Waals surface area (Å²) in [6, 6.07) is 2.81. The lowest BCUT2D eigenvalue weighted by atomic mass is 9.82. The number of nitrogens with zero attached hydrogens (tertiary/aromatic N) is 3. The average molecular weight is 332 g/mol. The fourth-order valence-electron chi connectivity index (χ4n) is 3.08. The van der Waals surface area contributed by atoms with Crippen LogP contribution >= 0.6 is 0 Å². The van der Waals surface area contributed by atoms with Crippen LogP contribution in [0.4, 0.5) is 10.5 Å². The highest BCUT2D eigenvalue weighted by Crippen LogP contribution is 2.33. The Labute approximate surface area is 137 Å². The molecule has 1 aromatic carbocycles. The van der Waals surface area contributed by atoms with Gasteiger partial charge in [0.25, 0.3) is 11.6 Å². The quantitative estimate of drug-likeness (QED) is 0.378. The molecule has 1 aliphatic carbocycles. The number of nitro groups is 1. The number of aromatic hydroxyl groups is 1. The lowest BCUT2D eigenvalue weighted by Gasteiger charge is -2.29. The van der Waals surface area contributed by atoms with E-state index in [1.165, 1.54) is 0 Å². The Kier molecular flexibility index (Phi) is 3.92. The number of imide groups is 1. The summed E-state index contributed by atoms with van der Waals surface area (Å²) in [5.74, 6) is -0.655. The van der Waals surface area contributed by atoms with Gasteiger partial charge in [-0.2, -0.15) is 5.10 Å². The van der Waals surface area contributed by atoms with E-state index >= 15 is 0 Å². The third-order valence-corrected chi connectivity index (χ3v) is 4.38. The van der Waals surface area contributed by atoms with Gasteiger partial charge in [0.1, 0.15) is 11.3 Å². The molecule has 1 saturated carbocycles. The van der Waals surface area contributed by atoms with Gasteiger partial charge in [0.2, 0.25) is 0 Å². The van der Waals surface area contributed by atoms with E-state index < -0.39 is 22.4 Å². The molecule has 1 aromatic rings. The topological polar surface area (TPSA) is 125 Å². The van der Waals surface area contributed by atoms with Crippen LogP contribution in [-0.4, -0.2) is 38.7 Å². The van der Waals surface area contributed by atoms with Crippen molar-refractivity contribution in [3.05, 3.63) is 33.9 Å². The van der Waals surface area contributed by atoms with E-state index in [9.17, 15) is 24.8 Å². The predicted octanol–water partition coefficient (Wildman–Crippen LogP) is 1.89. The number of benzene rings is 1. The summed E-state index contributed by atoms with van der Waals surface area (Å²) < 4.78 is 0. The first kappa shape index (κ1) is 15.9. The predicted molar refractivity (Wildman–Crippen MR) is 83.5 cm³/mol. The molecule has 2 aliphatic rings. The fraction of sp³-hybridized carbons (Fsp3) is 0.400. The molecule has 1 spiro atoms. The first-order valence-corrected chi connectivity index (χ1v) is 7.61. The molecule has 9 nitrogen and oxygen atoms in total. The van der Waals surface area contributed by atoms with Gasteiger partial charge in [-0.1, -0.05) is 19.3 Å². The smallest absolute Gasteiger partial charge is 0.346 e. The van der Waals surface area contributed by atoms with Gasteiger partial charge in [-0.05, 0) is 18.9 Å². The molecule has 3 rings (SSSR count). The molecule has 0 unspecified atom stereocenters. The molecule has 2 N–H and O–H groups in total. The molecular weight excluding hydrogens is 316 g/mol. The monoisotopic (exact) mass is 332 g/mol. The van der Waals surface area contributed by atoms with Crippen LogP contribution in [0.15, 0.2) is 23.3 Å². The molecular formula is C15H16N4O5. The normalized spacial score (nSPS) is 19.9. The Bertz CT molecular complexity index is 739. The molecule has 1 aliphatic heterocycles. The maximum absolute atomic E-state index is 12.5. The van der Waals surface area contributed by atoms with Crippen LogP contribution < -0.4 is 5.32 Å². The Morgan fingerprint density at radius 3 is 2.67 bits per heavy atom. The first-order chi connectivity index (χ1) is 11.4.